The fourth-order valence-electron chi connectivity index (χ4n) is 0.715. The number of ether oxygens (including phenoxy) is 1. The molecule has 3 nitrogen and oxygen atoms in total. The van der Waals surface area contributed by atoms with Gasteiger partial charge in [0.15, 0.2) is 0 Å². The van der Waals surface area contributed by atoms with E-state index in [9.17, 15) is 0 Å². The van der Waals surface area contributed by atoms with Crippen LogP contribution < -0.4 is 0 Å². The lowest BCUT2D eigenvalue weighted by atomic mass is 10.3. The van der Waals surface area contributed by atoms with Crippen LogP contribution in [0.2, 0.25) is 0 Å². The summed E-state index contributed by atoms with van der Waals surface area (Å²) in [6.45, 7) is 0.708. The lowest BCUT2D eigenvalue weighted by molar-refractivity contribution is 0.200. The highest BCUT2D eigenvalue weighted by Crippen LogP contribution is 2.10. The molecule has 1 heterocycles. The smallest absolute Gasteiger partial charge is 0.129 e. The van der Waals surface area contributed by atoms with E-state index < -0.39 is 0 Å². The van der Waals surface area contributed by atoms with Crippen LogP contribution in [0.4, 0.5) is 0 Å². The minimum Gasteiger partial charge on any atom is -0.384 e. The molecule has 0 saturated carbocycles. The average molecular weight is 237 g/mol. The molecule has 1 aromatic rings. The first-order chi connectivity index (χ1) is 5.33. The van der Waals surface area contributed by atoms with Gasteiger partial charge in [-0.05, 0) is 11.5 Å². The van der Waals surface area contributed by atoms with E-state index >= 15 is 0 Å². The molecule has 11 heavy (non-hydrogen) atoms. The minimum atomic E-state index is 0.348. The summed E-state index contributed by atoms with van der Waals surface area (Å²) in [5.41, 5.74) is 0. The monoisotopic (exact) mass is 236 g/mol. The zero-order chi connectivity index (χ0) is 8.10. The molecule has 1 unspecified atom stereocenters. The largest absolute Gasteiger partial charge is 0.384 e. The van der Waals surface area contributed by atoms with Gasteiger partial charge in [0.1, 0.15) is 11.3 Å². The molecule has 0 spiro atoms. The van der Waals surface area contributed by atoms with Gasteiger partial charge in [-0.1, -0.05) is 15.9 Å². The number of hydrogen-bond donors (Lipinski definition) is 0. The number of halogens is 1. The van der Waals surface area contributed by atoms with E-state index in [1.54, 1.807) is 13.4 Å². The van der Waals surface area contributed by atoms with E-state index in [4.69, 9.17) is 4.74 Å². The molecule has 62 valence electrons. The Labute approximate surface area is 78.1 Å². The molecule has 0 radical (unpaired) electrons. The summed E-state index contributed by atoms with van der Waals surface area (Å²) in [5, 5.41) is 1.05. The molecule has 1 atom stereocenters. The van der Waals surface area contributed by atoms with E-state index in [-0.39, 0.29) is 0 Å². The quantitative estimate of drug-likeness (QED) is 0.744. The molecule has 0 amide bonds. The highest BCUT2D eigenvalue weighted by molar-refractivity contribution is 9.09. The Kier molecular flexibility index (Phi) is 3.96. The molecule has 5 heteroatoms. The van der Waals surface area contributed by atoms with Crippen molar-refractivity contribution < 1.29 is 4.74 Å². The molecule has 0 saturated heterocycles. The lowest BCUT2D eigenvalue weighted by Crippen LogP contribution is -2.09. The maximum absolute atomic E-state index is 4.96. The molecular formula is C6H9BrN2OS. The summed E-state index contributed by atoms with van der Waals surface area (Å²) < 4.78 is 8.87. The Morgan fingerprint density at radius 1 is 1.82 bits per heavy atom. The number of alkyl halides is 1. The number of nitrogens with zero attached hydrogens (tertiary/aromatic N) is 2. The molecule has 0 fully saturated rings. The van der Waals surface area contributed by atoms with Crippen molar-refractivity contribution >= 4 is 27.5 Å². The molecule has 0 aliphatic heterocycles. The molecular weight excluding hydrogens is 228 g/mol. The van der Waals surface area contributed by atoms with Gasteiger partial charge in [-0.15, -0.1) is 0 Å². The molecule has 0 N–H and O–H groups in total. The van der Waals surface area contributed by atoms with Gasteiger partial charge in [0.05, 0.1) is 6.61 Å². The highest BCUT2D eigenvalue weighted by Gasteiger charge is 2.06. The predicted molar refractivity (Wildman–Crippen MR) is 48.2 cm³/mol. The number of rotatable bonds is 4. The highest BCUT2D eigenvalue weighted by atomic mass is 79.9. The third-order valence-electron chi connectivity index (χ3n) is 1.15. The molecule has 1 aromatic heterocycles. The van der Waals surface area contributed by atoms with E-state index in [2.05, 4.69) is 25.3 Å². The van der Waals surface area contributed by atoms with Gasteiger partial charge < -0.3 is 4.74 Å². The van der Waals surface area contributed by atoms with Crippen LogP contribution in [0.3, 0.4) is 0 Å². The maximum atomic E-state index is 4.96. The van der Waals surface area contributed by atoms with Gasteiger partial charge in [0.2, 0.25) is 0 Å². The fraction of sp³-hybridized carbons (Fsp3) is 0.667. The van der Waals surface area contributed by atoms with Crippen LogP contribution in [0.1, 0.15) is 5.01 Å². The van der Waals surface area contributed by atoms with Gasteiger partial charge in [-0.2, -0.15) is 4.37 Å². The minimum absolute atomic E-state index is 0.348. The predicted octanol–water partition coefficient (Wildman–Crippen LogP) is 1.49. The van der Waals surface area contributed by atoms with Crippen LogP contribution in [0, 0.1) is 0 Å². The Hall–Kier alpha value is -0.0000000000000000278. The van der Waals surface area contributed by atoms with E-state index in [1.807, 2.05) is 0 Å². The summed E-state index contributed by atoms with van der Waals surface area (Å²) in [6, 6.07) is 0. The second kappa shape index (κ2) is 4.79. The maximum Gasteiger partial charge on any atom is 0.129 e. The van der Waals surface area contributed by atoms with Crippen LogP contribution in [0.25, 0.3) is 0 Å². The first-order valence-corrected chi connectivity index (χ1v) is 4.90. The third-order valence-corrected chi connectivity index (χ3v) is 2.42. The van der Waals surface area contributed by atoms with E-state index in [1.165, 1.54) is 11.5 Å². The van der Waals surface area contributed by atoms with Crippen molar-refractivity contribution in [1.82, 2.24) is 9.36 Å². The molecule has 0 aromatic carbocycles. The summed E-state index contributed by atoms with van der Waals surface area (Å²) in [4.78, 5) is 4.41. The fourth-order valence-corrected chi connectivity index (χ4v) is 2.09. The van der Waals surface area contributed by atoms with Crippen molar-refractivity contribution in [1.29, 1.82) is 0 Å². The van der Waals surface area contributed by atoms with E-state index in [0.29, 0.717) is 11.4 Å². The van der Waals surface area contributed by atoms with Gasteiger partial charge in [0, 0.05) is 18.4 Å². The Morgan fingerprint density at radius 2 is 2.64 bits per heavy atom. The van der Waals surface area contributed by atoms with Crippen molar-refractivity contribution in [3.05, 3.63) is 11.3 Å². The third kappa shape index (κ3) is 3.27. The van der Waals surface area contributed by atoms with Gasteiger partial charge in [-0.3, -0.25) is 0 Å². The topological polar surface area (TPSA) is 35.0 Å². The summed E-state index contributed by atoms with van der Waals surface area (Å²) in [6.07, 6.45) is 2.46. The van der Waals surface area contributed by atoms with Crippen molar-refractivity contribution in [3.8, 4) is 0 Å². The van der Waals surface area contributed by atoms with Crippen LogP contribution in [-0.4, -0.2) is 27.9 Å². The number of methoxy groups -OCH3 is 1. The standard InChI is InChI=1S/C6H9BrN2OS/c1-10-3-5(7)2-6-8-4-9-11-6/h4-5H,2-3H2,1H3. The van der Waals surface area contributed by atoms with Crippen LogP contribution in [0.5, 0.6) is 0 Å². The van der Waals surface area contributed by atoms with Crippen molar-refractivity contribution in [2.45, 2.75) is 11.2 Å². The number of aromatic nitrogens is 2. The van der Waals surface area contributed by atoms with Crippen molar-refractivity contribution in [2.75, 3.05) is 13.7 Å². The second-order valence-corrected chi connectivity index (χ2v) is 4.25. The first kappa shape index (κ1) is 9.09. The average Bonchev–Trinajstić information content (AvgIpc) is 2.40. The summed E-state index contributed by atoms with van der Waals surface area (Å²) in [7, 11) is 1.69. The van der Waals surface area contributed by atoms with Crippen molar-refractivity contribution in [3.63, 3.8) is 0 Å². The first-order valence-electron chi connectivity index (χ1n) is 3.21. The Bertz CT molecular complexity index is 192. The summed E-state index contributed by atoms with van der Waals surface area (Å²) >= 11 is 4.90. The van der Waals surface area contributed by atoms with Crippen molar-refractivity contribution in [2.24, 2.45) is 0 Å². The molecule has 1 rings (SSSR count). The molecule has 0 aliphatic carbocycles. The zero-order valence-electron chi connectivity index (χ0n) is 6.16. The van der Waals surface area contributed by atoms with Crippen LogP contribution in [-0.2, 0) is 11.2 Å². The SMILES string of the molecule is COCC(Br)Cc1ncns1. The van der Waals surface area contributed by atoms with Gasteiger partial charge in [-0.25, -0.2) is 4.98 Å². The molecule has 0 aliphatic rings. The Morgan fingerprint density at radius 3 is 3.18 bits per heavy atom. The normalized spacial score (nSPS) is 13.3. The lowest BCUT2D eigenvalue weighted by Gasteiger charge is -2.04. The van der Waals surface area contributed by atoms with Crippen LogP contribution >= 0.6 is 27.5 Å². The molecule has 0 bridgehead atoms. The zero-order valence-corrected chi connectivity index (χ0v) is 8.56. The van der Waals surface area contributed by atoms with E-state index in [0.717, 1.165) is 11.4 Å². The van der Waals surface area contributed by atoms with Gasteiger partial charge >= 0.3 is 0 Å². The summed E-state index contributed by atoms with van der Waals surface area (Å²) in [5.74, 6) is 0. The van der Waals surface area contributed by atoms with Crippen LogP contribution in [0.15, 0.2) is 6.33 Å². The second-order valence-electron chi connectivity index (χ2n) is 2.09. The van der Waals surface area contributed by atoms with Gasteiger partial charge in [0.25, 0.3) is 0 Å². The Balaban J connectivity index is 2.31. The number of hydrogen-bond acceptors (Lipinski definition) is 4.